The van der Waals surface area contributed by atoms with Gasteiger partial charge < -0.3 is 35.5 Å². The first-order valence-electron chi connectivity index (χ1n) is 24.1. The van der Waals surface area contributed by atoms with Crippen LogP contribution in [-0.4, -0.2) is 68.8 Å². The van der Waals surface area contributed by atoms with E-state index in [-0.39, 0.29) is 23.0 Å². The molecule has 4 fully saturated rings. The molecule has 380 valence electrons. The number of nitrogens with zero attached hydrogens (tertiary/aromatic N) is 7. The van der Waals surface area contributed by atoms with Gasteiger partial charge in [0.1, 0.15) is 34.1 Å². The molecule has 73 heavy (non-hydrogen) atoms. The Morgan fingerprint density at radius 2 is 1.23 bits per heavy atom. The maximum atomic E-state index is 13.3. The van der Waals surface area contributed by atoms with Crippen LogP contribution in [0.4, 0.5) is 33.1 Å². The number of pyridine rings is 1. The number of anilines is 3. The van der Waals surface area contributed by atoms with Crippen molar-refractivity contribution >= 4 is 39.7 Å². The highest BCUT2D eigenvalue weighted by molar-refractivity contribution is 5.77. The van der Waals surface area contributed by atoms with Crippen LogP contribution in [0.3, 0.4) is 0 Å². The molecule has 1 atom stereocenters. The number of benzene rings is 4. The molecule has 4 heterocycles. The van der Waals surface area contributed by atoms with Gasteiger partial charge in [0.25, 0.3) is 16.9 Å². The van der Waals surface area contributed by atoms with Crippen LogP contribution >= 0.6 is 0 Å². The number of aromatic nitrogens is 5. The molecule has 2 bridgehead atoms. The quantitative estimate of drug-likeness (QED) is 0.0430. The third-order valence-electron chi connectivity index (χ3n) is 11.5. The zero-order valence-electron chi connectivity index (χ0n) is 40.0. The van der Waals surface area contributed by atoms with Crippen molar-refractivity contribution in [2.75, 3.05) is 11.1 Å². The van der Waals surface area contributed by atoms with E-state index in [1.807, 2.05) is 72.8 Å². The van der Waals surface area contributed by atoms with E-state index in [1.54, 1.807) is 40.7 Å². The number of hydrogen-bond donors (Lipinski definition) is 4. The van der Waals surface area contributed by atoms with E-state index >= 15 is 0 Å². The van der Waals surface area contributed by atoms with Crippen LogP contribution < -0.4 is 30.8 Å². The second-order valence-electron chi connectivity index (χ2n) is 18.2. The molecule has 1 aliphatic heterocycles. The molecule has 5 aliphatic rings. The van der Waals surface area contributed by atoms with Gasteiger partial charge in [-0.1, -0.05) is 18.2 Å². The van der Waals surface area contributed by atoms with Crippen LogP contribution in [0.25, 0.3) is 16.9 Å². The molecule has 20 heteroatoms. The van der Waals surface area contributed by atoms with E-state index in [1.165, 1.54) is 25.0 Å². The van der Waals surface area contributed by atoms with Crippen molar-refractivity contribution in [2.24, 2.45) is 0 Å². The standard InChI is InChI=1S/C26H26N6O3.C9H9NO3.C9H11NO.C6H4FNO2.C3H6O/c1-26(34)14-3-2-4-15-31-24(33)20-16-27-25(28-17-8-10-18(11-9-17)35-19-12-13-19)30-23(20)32(31)22-7-5-6-21(26)29-22;11-10(12)7-1-3-8(4-2-7)13-9-5-6-9;10-7-1-3-8(4-2-7)11-9-5-6-9;7-5-1-3-6(4-2-5)8(9)10;4-3-1-2-3/h2,4-11,16,19,34H,3,12-15H2,1H3,(H,27,28,30);1-4,9H,5-6H2;1-4,9H,5-6,10H2;1-4H;3-4H,1-2H2/b4-2-;;;;/t26-;;;;/m1..../s1. The van der Waals surface area contributed by atoms with E-state index in [0.717, 1.165) is 85.7 Å². The monoisotopic (exact) mass is 997 g/mol. The molecule has 0 radical (unpaired) electrons. The van der Waals surface area contributed by atoms with Crippen molar-refractivity contribution in [1.82, 2.24) is 24.3 Å². The maximum absolute atomic E-state index is 13.3. The van der Waals surface area contributed by atoms with Gasteiger partial charge in [0, 0.05) is 41.8 Å². The van der Waals surface area contributed by atoms with E-state index < -0.39 is 21.3 Å². The Morgan fingerprint density at radius 1 is 0.726 bits per heavy atom. The van der Waals surface area contributed by atoms with Gasteiger partial charge in [-0.2, -0.15) is 4.98 Å². The summed E-state index contributed by atoms with van der Waals surface area (Å²) in [4.78, 5) is 46.4. The van der Waals surface area contributed by atoms with Crippen molar-refractivity contribution < 1.29 is 38.7 Å². The minimum atomic E-state index is -1.09. The average molecular weight is 998 g/mol. The number of aliphatic hydroxyl groups is 2. The number of non-ortho nitro benzene ring substituents is 2. The number of rotatable bonds is 10. The van der Waals surface area contributed by atoms with Gasteiger partial charge in [0.05, 0.1) is 46.5 Å². The lowest BCUT2D eigenvalue weighted by Crippen LogP contribution is -2.24. The van der Waals surface area contributed by atoms with Crippen molar-refractivity contribution in [3.05, 3.63) is 176 Å². The molecule has 5 N–H and O–H groups in total. The highest BCUT2D eigenvalue weighted by Crippen LogP contribution is 2.31. The fourth-order valence-corrected chi connectivity index (χ4v) is 6.82. The fraction of sp³-hybridized carbons (Fsp3) is 0.321. The second-order valence-corrected chi connectivity index (χ2v) is 18.2. The Balaban J connectivity index is 0.000000151. The van der Waals surface area contributed by atoms with Crippen LogP contribution in [0, 0.1) is 26.0 Å². The van der Waals surface area contributed by atoms with Gasteiger partial charge in [0.2, 0.25) is 5.95 Å². The Labute approximate surface area is 419 Å². The topological polar surface area (TPSA) is 258 Å². The van der Waals surface area contributed by atoms with Gasteiger partial charge in [-0.25, -0.2) is 23.7 Å². The number of nitro benzene ring substituents is 2. The number of ether oxygens (including phenoxy) is 3. The summed E-state index contributed by atoms with van der Waals surface area (Å²) in [6.45, 7) is 2.12. The normalized spacial score (nSPS) is 17.8. The smallest absolute Gasteiger partial charge is 0.278 e. The zero-order valence-corrected chi connectivity index (χ0v) is 40.0. The highest BCUT2D eigenvalue weighted by atomic mass is 19.1. The molecule has 0 amide bonds. The van der Waals surface area contributed by atoms with E-state index in [2.05, 4.69) is 15.3 Å². The number of nitrogens with two attached hydrogens (primary N) is 1. The van der Waals surface area contributed by atoms with Gasteiger partial charge in [0.15, 0.2) is 11.5 Å². The highest BCUT2D eigenvalue weighted by Gasteiger charge is 2.27. The van der Waals surface area contributed by atoms with E-state index in [0.29, 0.717) is 71.9 Å². The third-order valence-corrected chi connectivity index (χ3v) is 11.5. The Kier molecular flexibility index (Phi) is 16.3. The number of nitro groups is 2. The summed E-state index contributed by atoms with van der Waals surface area (Å²) in [5.74, 6) is 2.90. The van der Waals surface area contributed by atoms with E-state index in [4.69, 9.17) is 30.0 Å². The van der Waals surface area contributed by atoms with Crippen molar-refractivity contribution in [3.8, 4) is 23.1 Å². The molecule has 12 rings (SSSR count). The molecule has 4 saturated carbocycles. The molecule has 19 nitrogen and oxygen atoms in total. The van der Waals surface area contributed by atoms with E-state index in [9.17, 15) is 34.5 Å². The molecule has 0 saturated heterocycles. The molecule has 4 aromatic carbocycles. The number of fused-ring (bicyclic) bond motifs is 6. The predicted molar refractivity (Wildman–Crippen MR) is 272 cm³/mol. The zero-order chi connectivity index (χ0) is 51.5. The van der Waals surface area contributed by atoms with Crippen molar-refractivity contribution in [2.45, 2.75) is 108 Å². The molecule has 0 spiro atoms. The summed E-state index contributed by atoms with van der Waals surface area (Å²) in [7, 11) is 0. The largest absolute Gasteiger partial charge is 0.490 e. The minimum absolute atomic E-state index is 0.0833. The van der Waals surface area contributed by atoms with Gasteiger partial charge in [-0.3, -0.25) is 25.0 Å². The summed E-state index contributed by atoms with van der Waals surface area (Å²) < 4.78 is 32.2. The number of allylic oxidation sites excluding steroid dienone is 2. The molecular weight excluding hydrogens is 942 g/mol. The first-order chi connectivity index (χ1) is 35.2. The number of aliphatic hydroxyl groups excluding tert-OH is 1. The number of hydrogen-bond acceptors (Lipinski definition) is 15. The van der Waals surface area contributed by atoms with Gasteiger partial charge in [-0.05, 0) is 156 Å². The summed E-state index contributed by atoms with van der Waals surface area (Å²) in [5.41, 5.74) is 6.82. The average Bonchev–Trinajstić information content (AvgIpc) is 4.12. The number of nitrogen functional groups attached to an aromatic ring is 1. The van der Waals surface area contributed by atoms with Gasteiger partial charge >= 0.3 is 0 Å². The first kappa shape index (κ1) is 51.1. The summed E-state index contributed by atoms with van der Waals surface area (Å²) >= 11 is 0. The molecule has 3 aromatic heterocycles. The lowest BCUT2D eigenvalue weighted by Gasteiger charge is -2.22. The second kappa shape index (κ2) is 23.3. The van der Waals surface area contributed by atoms with Crippen LogP contribution in [-0.2, 0) is 12.1 Å². The maximum Gasteiger partial charge on any atom is 0.278 e. The lowest BCUT2D eigenvalue weighted by atomic mass is 9.95. The predicted octanol–water partition coefficient (Wildman–Crippen LogP) is 9.64. The Hall–Kier alpha value is -8.23. The summed E-state index contributed by atoms with van der Waals surface area (Å²) in [6, 6.07) is 31.2. The third kappa shape index (κ3) is 15.4. The number of halogens is 1. The fourth-order valence-electron chi connectivity index (χ4n) is 6.82. The molecule has 7 aromatic rings. The van der Waals surface area contributed by atoms with Crippen LogP contribution in [0.1, 0.15) is 76.8 Å². The van der Waals surface area contributed by atoms with Crippen LogP contribution in [0.15, 0.2) is 138 Å². The van der Waals surface area contributed by atoms with Crippen molar-refractivity contribution in [3.63, 3.8) is 0 Å². The minimum Gasteiger partial charge on any atom is -0.490 e. The van der Waals surface area contributed by atoms with Crippen LogP contribution in [0.2, 0.25) is 0 Å². The molecule has 0 unspecified atom stereocenters. The van der Waals surface area contributed by atoms with Gasteiger partial charge in [-0.15, -0.1) is 0 Å². The molecular formula is C53H56FN9O10. The number of nitrogens with one attached hydrogen (secondary N) is 1. The SMILES string of the molecule is C[C@@]1(O)CC/C=C\Cn2c(=O)c3cnc(Nc4ccc(OC5CC5)cc4)nc3n2-c2cccc1n2.Nc1ccc(OC2CC2)cc1.O=[N+]([O-])c1ccc(F)cc1.O=[N+]([O-])c1ccc(OC2CC2)cc1.OC1CC1. The lowest BCUT2D eigenvalue weighted by molar-refractivity contribution is -0.385. The Morgan fingerprint density at radius 3 is 1.74 bits per heavy atom. The van der Waals surface area contributed by atoms with Crippen molar-refractivity contribution in [1.29, 1.82) is 0 Å². The molecule has 4 aliphatic carbocycles. The summed E-state index contributed by atoms with van der Waals surface area (Å²) in [5, 5.41) is 43.1. The first-order valence-corrected chi connectivity index (χ1v) is 24.1. The Bertz CT molecular complexity index is 3060. The van der Waals surface area contributed by atoms with Crippen LogP contribution in [0.5, 0.6) is 17.2 Å². The summed E-state index contributed by atoms with van der Waals surface area (Å²) in [6.07, 6.45) is 16.8.